The van der Waals surface area contributed by atoms with Gasteiger partial charge in [-0.2, -0.15) is 0 Å². The zero-order chi connectivity index (χ0) is 17.8. The van der Waals surface area contributed by atoms with Gasteiger partial charge in [-0.25, -0.2) is 0 Å². The van der Waals surface area contributed by atoms with E-state index in [2.05, 4.69) is 54.2 Å². The molecule has 0 amide bonds. The Morgan fingerprint density at radius 1 is 0.680 bits per heavy atom. The van der Waals surface area contributed by atoms with Crippen molar-refractivity contribution in [3.8, 4) is 0 Å². The molecule has 0 saturated carbocycles. The third-order valence-corrected chi connectivity index (χ3v) is 7.71. The second-order valence-electron chi connectivity index (χ2n) is 10.6. The highest BCUT2D eigenvalue weighted by molar-refractivity contribution is 5.02. The molecular formula is C21H40N4. The van der Waals surface area contributed by atoms with Gasteiger partial charge < -0.3 is 0 Å². The minimum Gasteiger partial charge on any atom is -0.298 e. The molecule has 4 saturated heterocycles. The molecule has 0 radical (unpaired) electrons. The predicted octanol–water partition coefficient (Wildman–Crippen LogP) is 2.21. The molecule has 4 heterocycles. The molecule has 0 spiro atoms. The Bertz CT molecular complexity index is 445. The molecule has 0 unspecified atom stereocenters. The maximum atomic E-state index is 2.79. The summed E-state index contributed by atoms with van der Waals surface area (Å²) in [6.45, 7) is 22.5. The summed E-state index contributed by atoms with van der Waals surface area (Å²) in [6, 6.07) is 3.30. The lowest BCUT2D eigenvalue weighted by molar-refractivity contribution is -0.0963. The highest BCUT2D eigenvalue weighted by Crippen LogP contribution is 2.36. The summed E-state index contributed by atoms with van der Waals surface area (Å²) in [6.07, 6.45) is 2.82. The van der Waals surface area contributed by atoms with E-state index in [-0.39, 0.29) is 0 Å². The van der Waals surface area contributed by atoms with E-state index in [1.807, 2.05) is 0 Å². The normalized spacial score (nSPS) is 30.5. The first-order valence-electron chi connectivity index (χ1n) is 10.8. The summed E-state index contributed by atoms with van der Waals surface area (Å²) in [5, 5.41) is 0. The van der Waals surface area contributed by atoms with Crippen LogP contribution in [-0.2, 0) is 0 Å². The number of piperidine rings is 1. The fourth-order valence-corrected chi connectivity index (χ4v) is 5.31. The summed E-state index contributed by atoms with van der Waals surface area (Å²) < 4.78 is 0. The van der Waals surface area contributed by atoms with Crippen LogP contribution < -0.4 is 0 Å². The van der Waals surface area contributed by atoms with Crippen LogP contribution >= 0.6 is 0 Å². The van der Waals surface area contributed by atoms with Gasteiger partial charge in [0.05, 0.1) is 0 Å². The van der Waals surface area contributed by atoms with E-state index in [4.69, 9.17) is 0 Å². The minimum atomic E-state index is 0.500. The van der Waals surface area contributed by atoms with Crippen molar-refractivity contribution in [3.05, 3.63) is 0 Å². The first-order valence-corrected chi connectivity index (χ1v) is 10.8. The molecule has 25 heavy (non-hydrogen) atoms. The molecule has 0 aromatic heterocycles. The third kappa shape index (κ3) is 3.65. The Labute approximate surface area is 155 Å². The molecule has 0 aliphatic carbocycles. The fraction of sp³-hybridized carbons (Fsp3) is 1.00. The van der Waals surface area contributed by atoms with Crippen LogP contribution in [0.4, 0.5) is 0 Å². The Kier molecular flexibility index (Phi) is 4.94. The van der Waals surface area contributed by atoms with E-state index in [0.717, 1.165) is 30.1 Å². The minimum absolute atomic E-state index is 0.500. The van der Waals surface area contributed by atoms with Gasteiger partial charge in [0, 0.05) is 63.4 Å². The molecule has 0 aromatic rings. The highest BCUT2D eigenvalue weighted by Gasteiger charge is 2.45. The Balaban J connectivity index is 1.12. The quantitative estimate of drug-likeness (QED) is 0.772. The molecule has 4 rings (SSSR count). The van der Waals surface area contributed by atoms with E-state index < -0.39 is 0 Å². The van der Waals surface area contributed by atoms with Crippen molar-refractivity contribution in [2.24, 2.45) is 11.3 Å². The van der Waals surface area contributed by atoms with Crippen molar-refractivity contribution in [1.82, 2.24) is 19.6 Å². The van der Waals surface area contributed by atoms with Crippen molar-refractivity contribution in [2.75, 3.05) is 52.4 Å². The standard InChI is InChI=1S/C21H40N4/c1-16(2)23-10-19(11-23)25-14-20(15-25)24-12-18(13-24)22-8-6-17(7-9-22)21(3,4)5/h16-20H,6-15H2,1-5H3. The van der Waals surface area contributed by atoms with Crippen molar-refractivity contribution in [1.29, 1.82) is 0 Å². The average Bonchev–Trinajstić information content (AvgIpc) is 2.39. The van der Waals surface area contributed by atoms with Crippen LogP contribution in [0, 0.1) is 11.3 Å². The van der Waals surface area contributed by atoms with Crippen LogP contribution in [0.15, 0.2) is 0 Å². The molecule has 0 N–H and O–H groups in total. The monoisotopic (exact) mass is 348 g/mol. The lowest BCUT2D eigenvalue weighted by Gasteiger charge is -2.59. The molecule has 144 valence electrons. The molecule has 4 heteroatoms. The predicted molar refractivity (Wildman–Crippen MR) is 105 cm³/mol. The molecular weight excluding hydrogens is 308 g/mol. The largest absolute Gasteiger partial charge is 0.298 e. The van der Waals surface area contributed by atoms with Crippen molar-refractivity contribution in [2.45, 2.75) is 71.6 Å². The Morgan fingerprint density at radius 2 is 1.12 bits per heavy atom. The number of rotatable bonds is 4. The zero-order valence-corrected chi connectivity index (χ0v) is 17.2. The number of hydrogen-bond donors (Lipinski definition) is 0. The summed E-state index contributed by atoms with van der Waals surface area (Å²) in [5.41, 5.74) is 0.500. The second kappa shape index (κ2) is 6.78. The lowest BCUT2D eigenvalue weighted by atomic mass is 9.75. The molecule has 4 fully saturated rings. The van der Waals surface area contributed by atoms with Gasteiger partial charge in [0.2, 0.25) is 0 Å². The SMILES string of the molecule is CC(C)N1CC(N2CC(N3CC(N4CCC(C(C)(C)C)CC4)C3)C2)C1. The van der Waals surface area contributed by atoms with Gasteiger partial charge in [0.15, 0.2) is 0 Å². The topological polar surface area (TPSA) is 13.0 Å². The number of nitrogens with zero attached hydrogens (tertiary/aromatic N) is 4. The fourth-order valence-electron chi connectivity index (χ4n) is 5.31. The summed E-state index contributed by atoms with van der Waals surface area (Å²) in [4.78, 5) is 10.9. The van der Waals surface area contributed by atoms with E-state index in [0.29, 0.717) is 5.41 Å². The van der Waals surface area contributed by atoms with Gasteiger partial charge in [0.25, 0.3) is 0 Å². The van der Waals surface area contributed by atoms with Gasteiger partial charge in [0.1, 0.15) is 0 Å². The Morgan fingerprint density at radius 3 is 1.56 bits per heavy atom. The summed E-state index contributed by atoms with van der Waals surface area (Å²) in [7, 11) is 0. The number of likely N-dealkylation sites (tertiary alicyclic amines) is 4. The smallest absolute Gasteiger partial charge is 0.0352 e. The first-order chi connectivity index (χ1) is 11.8. The number of hydrogen-bond acceptors (Lipinski definition) is 4. The summed E-state index contributed by atoms with van der Waals surface area (Å²) in [5.74, 6) is 0.924. The van der Waals surface area contributed by atoms with Gasteiger partial charge in [-0.1, -0.05) is 20.8 Å². The van der Waals surface area contributed by atoms with Crippen molar-refractivity contribution in [3.63, 3.8) is 0 Å². The average molecular weight is 349 g/mol. The van der Waals surface area contributed by atoms with E-state index in [1.165, 1.54) is 65.2 Å². The zero-order valence-electron chi connectivity index (χ0n) is 17.2. The van der Waals surface area contributed by atoms with Gasteiger partial charge in [-0.15, -0.1) is 0 Å². The second-order valence-corrected chi connectivity index (χ2v) is 10.6. The lowest BCUT2D eigenvalue weighted by Crippen LogP contribution is -2.74. The highest BCUT2D eigenvalue weighted by atomic mass is 15.4. The van der Waals surface area contributed by atoms with E-state index in [9.17, 15) is 0 Å². The Hall–Kier alpha value is -0.160. The van der Waals surface area contributed by atoms with Crippen LogP contribution in [0.3, 0.4) is 0 Å². The van der Waals surface area contributed by atoms with Crippen LogP contribution in [0.1, 0.15) is 47.5 Å². The molecule has 4 nitrogen and oxygen atoms in total. The van der Waals surface area contributed by atoms with Crippen LogP contribution in [0.25, 0.3) is 0 Å². The molecule has 4 aliphatic rings. The molecule has 0 atom stereocenters. The first kappa shape index (κ1) is 18.2. The van der Waals surface area contributed by atoms with Crippen molar-refractivity contribution < 1.29 is 0 Å². The van der Waals surface area contributed by atoms with Crippen LogP contribution in [-0.4, -0.2) is 96.1 Å². The van der Waals surface area contributed by atoms with E-state index >= 15 is 0 Å². The molecule has 0 aromatic carbocycles. The van der Waals surface area contributed by atoms with Crippen LogP contribution in [0.2, 0.25) is 0 Å². The summed E-state index contributed by atoms with van der Waals surface area (Å²) >= 11 is 0. The molecule has 0 bridgehead atoms. The van der Waals surface area contributed by atoms with Gasteiger partial charge >= 0.3 is 0 Å². The van der Waals surface area contributed by atoms with Crippen molar-refractivity contribution >= 4 is 0 Å². The van der Waals surface area contributed by atoms with Gasteiger partial charge in [-0.3, -0.25) is 19.6 Å². The van der Waals surface area contributed by atoms with Gasteiger partial charge in [-0.05, 0) is 51.1 Å². The maximum Gasteiger partial charge on any atom is 0.0352 e. The molecule has 4 aliphatic heterocycles. The van der Waals surface area contributed by atoms with Crippen LogP contribution in [0.5, 0.6) is 0 Å². The third-order valence-electron chi connectivity index (χ3n) is 7.71. The van der Waals surface area contributed by atoms with E-state index in [1.54, 1.807) is 0 Å². The maximum absolute atomic E-state index is 2.79.